The lowest BCUT2D eigenvalue weighted by Gasteiger charge is -2.36. The maximum absolute atomic E-state index is 14.0. The van der Waals surface area contributed by atoms with E-state index in [0.29, 0.717) is 48.3 Å². The molecule has 7 nitrogen and oxygen atoms in total. The molecule has 2 amide bonds. The average molecular weight is 528 g/mol. The summed E-state index contributed by atoms with van der Waals surface area (Å²) in [6, 6.07) is 21.4. The number of halogens is 1. The molecule has 2 aliphatic rings. The Morgan fingerprint density at radius 3 is 2.42 bits per heavy atom. The van der Waals surface area contributed by atoms with Crippen LogP contribution in [0.1, 0.15) is 39.5 Å². The average Bonchev–Trinajstić information content (AvgIpc) is 3.36. The van der Waals surface area contributed by atoms with Crippen molar-refractivity contribution in [3.63, 3.8) is 0 Å². The number of imidazole rings is 1. The van der Waals surface area contributed by atoms with E-state index in [1.807, 2.05) is 76.2 Å². The highest BCUT2D eigenvalue weighted by Crippen LogP contribution is 2.31. The van der Waals surface area contributed by atoms with Gasteiger partial charge in [0.05, 0.1) is 10.7 Å². The van der Waals surface area contributed by atoms with Gasteiger partial charge in [-0.15, -0.1) is 0 Å². The molecule has 0 aliphatic carbocycles. The van der Waals surface area contributed by atoms with Gasteiger partial charge in [0.25, 0.3) is 11.8 Å². The molecule has 6 rings (SSSR count). The van der Waals surface area contributed by atoms with E-state index in [0.717, 1.165) is 48.1 Å². The smallest absolute Gasteiger partial charge is 0.274 e. The summed E-state index contributed by atoms with van der Waals surface area (Å²) in [6.45, 7) is 3.27. The number of aryl methyl sites for hydroxylation is 1. The lowest BCUT2D eigenvalue weighted by molar-refractivity contribution is 0.0735. The van der Waals surface area contributed by atoms with Crippen LogP contribution in [0.15, 0.2) is 66.7 Å². The number of fused-ring (bicyclic) bond motifs is 2. The molecule has 1 fully saturated rings. The number of hydrogen-bond donors (Lipinski definition) is 0. The number of benzene rings is 3. The van der Waals surface area contributed by atoms with Gasteiger partial charge in [0, 0.05) is 51.8 Å². The van der Waals surface area contributed by atoms with Gasteiger partial charge in [0.2, 0.25) is 0 Å². The number of piperazine rings is 1. The van der Waals surface area contributed by atoms with Crippen LogP contribution in [0.25, 0.3) is 10.8 Å². The first-order valence-corrected chi connectivity index (χ1v) is 13.5. The number of para-hydroxylation sites is 1. The van der Waals surface area contributed by atoms with Crippen molar-refractivity contribution in [2.75, 3.05) is 43.0 Å². The fraction of sp³-hybridized carbons (Fsp3) is 0.300. The second-order valence-corrected chi connectivity index (χ2v) is 10.3. The van der Waals surface area contributed by atoms with E-state index in [4.69, 9.17) is 16.6 Å². The van der Waals surface area contributed by atoms with Gasteiger partial charge in [-0.2, -0.15) is 0 Å². The zero-order chi connectivity index (χ0) is 26.2. The maximum atomic E-state index is 14.0. The van der Waals surface area contributed by atoms with Crippen molar-refractivity contribution in [3.8, 4) is 0 Å². The number of carbonyl (C=O) groups is 2. The number of amides is 2. The molecular weight excluding hydrogens is 498 g/mol. The van der Waals surface area contributed by atoms with E-state index >= 15 is 0 Å². The fourth-order valence-corrected chi connectivity index (χ4v) is 5.87. The van der Waals surface area contributed by atoms with E-state index in [1.54, 1.807) is 11.9 Å². The Hall–Kier alpha value is -3.84. The van der Waals surface area contributed by atoms with Crippen molar-refractivity contribution in [3.05, 3.63) is 88.8 Å². The highest BCUT2D eigenvalue weighted by atomic mass is 35.5. The van der Waals surface area contributed by atoms with Crippen LogP contribution in [0.5, 0.6) is 0 Å². The Morgan fingerprint density at radius 1 is 0.868 bits per heavy atom. The molecule has 0 spiro atoms. The number of nitrogens with zero attached hydrogens (tertiary/aromatic N) is 5. The van der Waals surface area contributed by atoms with Gasteiger partial charge in [-0.1, -0.05) is 60.1 Å². The molecule has 8 heteroatoms. The van der Waals surface area contributed by atoms with Gasteiger partial charge in [-0.3, -0.25) is 14.5 Å². The minimum atomic E-state index is -0.171. The van der Waals surface area contributed by atoms with E-state index in [1.165, 1.54) is 0 Å². The normalized spacial score (nSPS) is 15.4. The Morgan fingerprint density at radius 2 is 1.61 bits per heavy atom. The molecule has 0 N–H and O–H groups in total. The Balaban J connectivity index is 1.30. The standard InChI is InChI=1S/C30H30ClN5O2/c1-33(29(37)23-12-8-10-21-9-2-3-11-22(21)23)28-27(36-16-7-6-15-26(36)32-28)30(38)35-19-17-34(18-20-35)25-14-5-4-13-24(25)31/h2-5,8-14H,6-7,15-20H2,1H3. The van der Waals surface area contributed by atoms with Gasteiger partial charge in [-0.25, -0.2) is 4.98 Å². The van der Waals surface area contributed by atoms with E-state index in [2.05, 4.69) is 4.90 Å². The highest BCUT2D eigenvalue weighted by Gasteiger charge is 2.33. The zero-order valence-corrected chi connectivity index (χ0v) is 22.2. The molecule has 0 bridgehead atoms. The summed E-state index contributed by atoms with van der Waals surface area (Å²) in [6.07, 6.45) is 2.82. The van der Waals surface area contributed by atoms with Crippen LogP contribution in [0.2, 0.25) is 5.02 Å². The van der Waals surface area contributed by atoms with Crippen molar-refractivity contribution < 1.29 is 9.59 Å². The molecule has 3 aromatic carbocycles. The number of carbonyl (C=O) groups excluding carboxylic acids is 2. The lowest BCUT2D eigenvalue weighted by Crippen LogP contribution is -2.49. The van der Waals surface area contributed by atoms with Gasteiger partial charge in [0.15, 0.2) is 11.5 Å². The van der Waals surface area contributed by atoms with Crippen molar-refractivity contribution in [2.45, 2.75) is 25.8 Å². The molecule has 0 saturated carbocycles. The SMILES string of the molecule is CN(C(=O)c1cccc2ccccc12)c1nc2n(c1C(=O)N1CCN(c3ccccc3Cl)CC1)CCCC2. The Labute approximate surface area is 227 Å². The molecule has 38 heavy (non-hydrogen) atoms. The monoisotopic (exact) mass is 527 g/mol. The van der Waals surface area contributed by atoms with Crippen LogP contribution < -0.4 is 9.80 Å². The molecule has 0 atom stereocenters. The quantitative estimate of drug-likeness (QED) is 0.363. The van der Waals surface area contributed by atoms with Crippen molar-refractivity contribution in [1.29, 1.82) is 0 Å². The minimum absolute atomic E-state index is 0.0722. The largest absolute Gasteiger partial charge is 0.367 e. The van der Waals surface area contributed by atoms with Gasteiger partial charge in [-0.05, 0) is 41.8 Å². The Kier molecular flexibility index (Phi) is 6.54. The maximum Gasteiger partial charge on any atom is 0.274 e. The number of aromatic nitrogens is 2. The van der Waals surface area contributed by atoms with Crippen LogP contribution in [-0.4, -0.2) is 59.5 Å². The molecule has 1 saturated heterocycles. The summed E-state index contributed by atoms with van der Waals surface area (Å²) in [7, 11) is 1.73. The van der Waals surface area contributed by atoms with E-state index in [9.17, 15) is 9.59 Å². The molecule has 3 heterocycles. The number of hydrogen-bond acceptors (Lipinski definition) is 4. The summed E-state index contributed by atoms with van der Waals surface area (Å²) >= 11 is 6.42. The first-order chi connectivity index (χ1) is 18.5. The molecule has 2 aliphatic heterocycles. The summed E-state index contributed by atoms with van der Waals surface area (Å²) < 4.78 is 2.04. The summed E-state index contributed by atoms with van der Waals surface area (Å²) in [4.78, 5) is 38.3. The summed E-state index contributed by atoms with van der Waals surface area (Å²) in [5.74, 6) is 1.08. The predicted octanol–water partition coefficient (Wildman–Crippen LogP) is 5.27. The summed E-state index contributed by atoms with van der Waals surface area (Å²) in [5, 5.41) is 2.61. The summed E-state index contributed by atoms with van der Waals surface area (Å²) in [5.41, 5.74) is 2.11. The molecule has 1 aromatic heterocycles. The second kappa shape index (κ2) is 10.1. The van der Waals surface area contributed by atoms with Crippen molar-refractivity contribution in [1.82, 2.24) is 14.5 Å². The third-order valence-corrected chi connectivity index (χ3v) is 7.98. The number of rotatable bonds is 4. The third-order valence-electron chi connectivity index (χ3n) is 7.67. The highest BCUT2D eigenvalue weighted by molar-refractivity contribution is 6.33. The van der Waals surface area contributed by atoms with E-state index in [-0.39, 0.29) is 11.8 Å². The first kappa shape index (κ1) is 24.5. The van der Waals surface area contributed by atoms with Crippen LogP contribution in [0.3, 0.4) is 0 Å². The molecule has 194 valence electrons. The minimum Gasteiger partial charge on any atom is -0.367 e. The van der Waals surface area contributed by atoms with Crippen LogP contribution in [0, 0.1) is 0 Å². The third kappa shape index (κ3) is 4.31. The lowest BCUT2D eigenvalue weighted by atomic mass is 10.0. The topological polar surface area (TPSA) is 61.7 Å². The molecule has 4 aromatic rings. The number of anilines is 2. The first-order valence-electron chi connectivity index (χ1n) is 13.2. The Bertz CT molecular complexity index is 1520. The fourth-order valence-electron chi connectivity index (χ4n) is 5.61. The van der Waals surface area contributed by atoms with Gasteiger partial charge < -0.3 is 14.4 Å². The van der Waals surface area contributed by atoms with E-state index < -0.39 is 0 Å². The van der Waals surface area contributed by atoms with Gasteiger partial charge >= 0.3 is 0 Å². The van der Waals surface area contributed by atoms with Crippen LogP contribution in [-0.2, 0) is 13.0 Å². The van der Waals surface area contributed by atoms with Crippen LogP contribution in [0.4, 0.5) is 11.5 Å². The second-order valence-electron chi connectivity index (χ2n) is 9.93. The van der Waals surface area contributed by atoms with Crippen molar-refractivity contribution in [2.24, 2.45) is 0 Å². The van der Waals surface area contributed by atoms with Crippen LogP contribution >= 0.6 is 11.6 Å². The molecule has 0 unspecified atom stereocenters. The van der Waals surface area contributed by atoms with Crippen molar-refractivity contribution >= 4 is 45.7 Å². The van der Waals surface area contributed by atoms with Gasteiger partial charge in [0.1, 0.15) is 5.82 Å². The molecular formula is C30H30ClN5O2. The zero-order valence-electron chi connectivity index (χ0n) is 21.4. The molecule has 0 radical (unpaired) electrons. The predicted molar refractivity (Wildman–Crippen MR) is 151 cm³/mol.